The average Bonchev–Trinajstić information content (AvgIpc) is 2.94. The van der Waals surface area contributed by atoms with Crippen molar-refractivity contribution >= 4 is 5.78 Å². The summed E-state index contributed by atoms with van der Waals surface area (Å²) in [6, 6.07) is 17.0. The van der Waals surface area contributed by atoms with E-state index in [1.165, 1.54) is 7.11 Å². The summed E-state index contributed by atoms with van der Waals surface area (Å²) in [6.45, 7) is 3.59. The molecule has 0 unspecified atom stereocenters. The van der Waals surface area contributed by atoms with E-state index in [1.54, 1.807) is 6.92 Å². The molecule has 0 radical (unpaired) electrons. The first-order chi connectivity index (χ1) is 11.0. The molecule has 0 bridgehead atoms. The number of ketones is 1. The van der Waals surface area contributed by atoms with Crippen molar-refractivity contribution in [3.05, 3.63) is 71.3 Å². The first-order valence-electron chi connectivity index (χ1n) is 7.62. The van der Waals surface area contributed by atoms with Crippen molar-refractivity contribution in [2.75, 3.05) is 7.11 Å². The molecule has 1 saturated heterocycles. The minimum absolute atomic E-state index is 0.0948. The van der Waals surface area contributed by atoms with E-state index in [1.807, 2.05) is 61.5 Å². The predicted octanol–water partition coefficient (Wildman–Crippen LogP) is 3.36. The van der Waals surface area contributed by atoms with Gasteiger partial charge < -0.3 is 14.2 Å². The van der Waals surface area contributed by atoms with Crippen molar-refractivity contribution in [3.8, 4) is 0 Å². The van der Waals surface area contributed by atoms with Gasteiger partial charge in [0.25, 0.3) is 5.97 Å². The fourth-order valence-electron chi connectivity index (χ4n) is 3.85. The molecule has 4 nitrogen and oxygen atoms in total. The smallest absolute Gasteiger partial charge is 0.282 e. The summed E-state index contributed by atoms with van der Waals surface area (Å²) in [4.78, 5) is 13.3. The van der Waals surface area contributed by atoms with Crippen molar-refractivity contribution in [2.45, 2.75) is 31.0 Å². The molecular weight excluding hydrogens is 292 g/mol. The number of rotatable bonds is 2. The maximum atomic E-state index is 13.3. The summed E-state index contributed by atoms with van der Waals surface area (Å²) in [5, 5.41) is 0. The Hall–Kier alpha value is -2.01. The summed E-state index contributed by atoms with van der Waals surface area (Å²) in [5.41, 5.74) is 0.0336. The van der Waals surface area contributed by atoms with Gasteiger partial charge in [0.15, 0.2) is 5.60 Å². The van der Waals surface area contributed by atoms with Crippen LogP contribution in [-0.2, 0) is 25.4 Å². The molecule has 3 atom stereocenters. The maximum absolute atomic E-state index is 13.3. The molecule has 0 aromatic heterocycles. The lowest BCUT2D eigenvalue weighted by molar-refractivity contribution is -0.330. The van der Waals surface area contributed by atoms with Crippen molar-refractivity contribution in [2.24, 2.45) is 0 Å². The SMILES string of the molecule is CO[C@]1(C)O[C@@]2(c3ccccc3)C(=O)c3ccccc3[C@@]2(C)O1. The van der Waals surface area contributed by atoms with Gasteiger partial charge in [-0.15, -0.1) is 0 Å². The highest BCUT2D eigenvalue weighted by molar-refractivity contribution is 6.09. The molecule has 1 fully saturated rings. The summed E-state index contributed by atoms with van der Waals surface area (Å²) in [7, 11) is 1.51. The normalized spacial score (nSPS) is 35.2. The Morgan fingerprint density at radius 1 is 0.913 bits per heavy atom. The van der Waals surface area contributed by atoms with E-state index in [9.17, 15) is 4.79 Å². The van der Waals surface area contributed by atoms with Crippen LogP contribution in [0.3, 0.4) is 0 Å². The molecule has 0 amide bonds. The van der Waals surface area contributed by atoms with Gasteiger partial charge in [0.05, 0.1) is 0 Å². The van der Waals surface area contributed by atoms with Crippen LogP contribution in [0, 0.1) is 0 Å². The Kier molecular flexibility index (Phi) is 2.86. The van der Waals surface area contributed by atoms with Crippen LogP contribution >= 0.6 is 0 Å². The summed E-state index contributed by atoms with van der Waals surface area (Å²) >= 11 is 0. The number of carbonyl (C=O) groups is 1. The zero-order chi connectivity index (χ0) is 16.3. The highest BCUT2D eigenvalue weighted by Gasteiger charge is 2.72. The van der Waals surface area contributed by atoms with E-state index in [2.05, 4.69) is 0 Å². The zero-order valence-corrected chi connectivity index (χ0v) is 13.3. The molecule has 1 heterocycles. The lowest BCUT2D eigenvalue weighted by Crippen LogP contribution is -2.45. The van der Waals surface area contributed by atoms with Crippen molar-refractivity contribution in [1.29, 1.82) is 0 Å². The van der Waals surface area contributed by atoms with E-state index in [0.717, 1.165) is 11.1 Å². The molecule has 0 N–H and O–H groups in total. The van der Waals surface area contributed by atoms with Gasteiger partial charge in [-0.05, 0) is 18.1 Å². The van der Waals surface area contributed by atoms with E-state index in [-0.39, 0.29) is 5.78 Å². The van der Waals surface area contributed by atoms with Crippen molar-refractivity contribution in [3.63, 3.8) is 0 Å². The third kappa shape index (κ3) is 1.63. The number of fused-ring (bicyclic) bond motifs is 3. The Morgan fingerprint density at radius 3 is 2.26 bits per heavy atom. The average molecular weight is 310 g/mol. The van der Waals surface area contributed by atoms with Crippen LogP contribution in [0.5, 0.6) is 0 Å². The monoisotopic (exact) mass is 310 g/mol. The van der Waals surface area contributed by atoms with Gasteiger partial charge in [0.1, 0.15) is 5.60 Å². The first-order valence-corrected chi connectivity index (χ1v) is 7.62. The second-order valence-electron chi connectivity index (χ2n) is 6.23. The molecule has 1 aliphatic carbocycles. The van der Waals surface area contributed by atoms with Crippen molar-refractivity contribution in [1.82, 2.24) is 0 Å². The highest BCUT2D eigenvalue weighted by atomic mass is 16.9. The van der Waals surface area contributed by atoms with Crippen LogP contribution in [0.1, 0.15) is 35.3 Å². The van der Waals surface area contributed by atoms with Crippen LogP contribution in [-0.4, -0.2) is 18.9 Å². The summed E-state index contributed by atoms with van der Waals surface area (Å²) < 4.78 is 17.8. The molecule has 4 rings (SSSR count). The number of ether oxygens (including phenoxy) is 3. The number of carbonyl (C=O) groups excluding carboxylic acids is 1. The molecular formula is C19H18O4. The molecule has 2 aromatic carbocycles. The fourth-order valence-corrected chi connectivity index (χ4v) is 3.85. The topological polar surface area (TPSA) is 44.8 Å². The summed E-state index contributed by atoms with van der Waals surface area (Å²) in [5.74, 6) is -1.38. The number of hydrogen-bond donors (Lipinski definition) is 0. The fraction of sp³-hybridized carbons (Fsp3) is 0.316. The molecule has 1 aliphatic heterocycles. The van der Waals surface area contributed by atoms with Gasteiger partial charge in [0, 0.05) is 19.6 Å². The highest BCUT2D eigenvalue weighted by Crippen LogP contribution is 2.61. The van der Waals surface area contributed by atoms with Gasteiger partial charge in [0.2, 0.25) is 5.78 Å². The van der Waals surface area contributed by atoms with Crippen LogP contribution in [0.25, 0.3) is 0 Å². The maximum Gasteiger partial charge on any atom is 0.282 e. The number of benzene rings is 2. The van der Waals surface area contributed by atoms with Crippen LogP contribution < -0.4 is 0 Å². The molecule has 0 saturated carbocycles. The standard InChI is InChI=1S/C19H18O4/c1-17-15-12-8-7-11-14(15)16(20)19(17,13-9-5-4-6-10-13)23-18(2,21-3)22-17/h4-12H,1-3H3/t17-,18+,19+/m1/s1. The Balaban J connectivity index is 2.03. The van der Waals surface area contributed by atoms with Crippen LogP contribution in [0.15, 0.2) is 54.6 Å². The molecule has 23 heavy (non-hydrogen) atoms. The van der Waals surface area contributed by atoms with Gasteiger partial charge in [-0.2, -0.15) is 0 Å². The molecule has 4 heteroatoms. The number of Topliss-reactive ketones (excluding diaryl/α,β-unsaturated/α-hetero) is 1. The van der Waals surface area contributed by atoms with E-state index >= 15 is 0 Å². The van der Waals surface area contributed by atoms with Gasteiger partial charge in [-0.25, -0.2) is 0 Å². The number of hydrogen-bond acceptors (Lipinski definition) is 4. The molecule has 2 aliphatic rings. The Labute approximate surface area is 135 Å². The minimum atomic E-state index is -1.28. The largest absolute Gasteiger partial charge is 0.331 e. The van der Waals surface area contributed by atoms with E-state index in [4.69, 9.17) is 14.2 Å². The van der Waals surface area contributed by atoms with Crippen LogP contribution in [0.2, 0.25) is 0 Å². The van der Waals surface area contributed by atoms with Gasteiger partial charge in [-0.3, -0.25) is 4.79 Å². The Bertz CT molecular complexity index is 787. The summed E-state index contributed by atoms with van der Waals surface area (Å²) in [6.07, 6.45) is 0. The van der Waals surface area contributed by atoms with Gasteiger partial charge >= 0.3 is 0 Å². The second kappa shape index (κ2) is 4.51. The van der Waals surface area contributed by atoms with Crippen molar-refractivity contribution < 1.29 is 19.0 Å². The molecule has 118 valence electrons. The predicted molar refractivity (Wildman–Crippen MR) is 83.8 cm³/mol. The number of methoxy groups -OCH3 is 1. The first kappa shape index (κ1) is 14.6. The van der Waals surface area contributed by atoms with E-state index < -0.39 is 17.2 Å². The molecule has 2 aromatic rings. The minimum Gasteiger partial charge on any atom is -0.331 e. The lowest BCUT2D eigenvalue weighted by Gasteiger charge is -2.33. The third-order valence-corrected chi connectivity index (χ3v) is 4.96. The second-order valence-corrected chi connectivity index (χ2v) is 6.23. The third-order valence-electron chi connectivity index (χ3n) is 4.96. The Morgan fingerprint density at radius 2 is 1.57 bits per heavy atom. The quantitative estimate of drug-likeness (QED) is 0.853. The lowest BCUT2D eigenvalue weighted by atomic mass is 9.79. The van der Waals surface area contributed by atoms with E-state index in [0.29, 0.717) is 5.56 Å². The van der Waals surface area contributed by atoms with Crippen LogP contribution in [0.4, 0.5) is 0 Å². The molecule has 0 spiro atoms. The van der Waals surface area contributed by atoms with Gasteiger partial charge in [-0.1, -0.05) is 54.6 Å². The zero-order valence-electron chi connectivity index (χ0n) is 13.3.